The quantitative estimate of drug-likeness (QED) is 0.504. The third-order valence-corrected chi connectivity index (χ3v) is 6.98. The molecule has 0 spiro atoms. The number of nitrogens with zero attached hydrogens (tertiary/aromatic N) is 5. The van der Waals surface area contributed by atoms with E-state index in [4.69, 9.17) is 33.2 Å². The lowest BCUT2D eigenvalue weighted by molar-refractivity contribution is -0.119. The fraction of sp³-hybridized carbons (Fsp3) is 0.320. The van der Waals surface area contributed by atoms with Crippen LogP contribution in [-0.2, 0) is 11.3 Å². The van der Waals surface area contributed by atoms with E-state index in [1.807, 2.05) is 43.0 Å². The Morgan fingerprint density at radius 2 is 1.89 bits per heavy atom. The molecule has 5 rings (SSSR count). The Bertz CT molecular complexity index is 1380. The molecule has 1 atom stereocenters. The molecule has 9 nitrogen and oxygen atoms in total. The van der Waals surface area contributed by atoms with Gasteiger partial charge in [-0.15, -0.1) is 0 Å². The van der Waals surface area contributed by atoms with Crippen LogP contribution >= 0.6 is 23.2 Å². The number of nitrogens with one attached hydrogen (secondary N) is 2. The molecule has 36 heavy (non-hydrogen) atoms. The molecule has 1 aromatic heterocycles. The van der Waals surface area contributed by atoms with E-state index in [0.29, 0.717) is 52.8 Å². The van der Waals surface area contributed by atoms with Crippen molar-refractivity contribution >= 4 is 63.4 Å². The summed E-state index contributed by atoms with van der Waals surface area (Å²) < 4.78 is 0. The second-order valence-corrected chi connectivity index (χ2v) is 9.95. The van der Waals surface area contributed by atoms with Gasteiger partial charge in [0.15, 0.2) is 5.82 Å². The summed E-state index contributed by atoms with van der Waals surface area (Å²) in [6, 6.07) is 11.7. The average Bonchev–Trinajstić information content (AvgIpc) is 2.85. The normalized spacial score (nSPS) is 18.0. The summed E-state index contributed by atoms with van der Waals surface area (Å²) in [6.45, 7) is 5.38. The molecule has 2 aliphatic heterocycles. The van der Waals surface area contributed by atoms with Crippen molar-refractivity contribution in [2.24, 2.45) is 10.9 Å². The number of para-hydroxylation sites is 1. The number of amides is 3. The first-order valence-corrected chi connectivity index (χ1v) is 12.4. The summed E-state index contributed by atoms with van der Waals surface area (Å²) in [5.41, 5.74) is 1.33. The molecular weight excluding hydrogens is 501 g/mol. The fourth-order valence-corrected chi connectivity index (χ4v) is 4.58. The summed E-state index contributed by atoms with van der Waals surface area (Å²) >= 11 is 12.1. The molecule has 11 heteroatoms. The maximum Gasteiger partial charge on any atom is 0.322 e. The number of aromatic nitrogens is 2. The summed E-state index contributed by atoms with van der Waals surface area (Å²) in [6.07, 6.45) is 0. The van der Waals surface area contributed by atoms with Crippen LogP contribution in [-0.4, -0.2) is 63.2 Å². The Kier molecular flexibility index (Phi) is 6.68. The van der Waals surface area contributed by atoms with E-state index in [2.05, 4.69) is 15.6 Å². The van der Waals surface area contributed by atoms with E-state index in [1.54, 1.807) is 23.1 Å². The number of aliphatic imine (C=N–C) groups is 1. The van der Waals surface area contributed by atoms with Crippen molar-refractivity contribution in [2.45, 2.75) is 26.4 Å². The zero-order valence-electron chi connectivity index (χ0n) is 19.8. The van der Waals surface area contributed by atoms with Crippen molar-refractivity contribution in [1.29, 1.82) is 0 Å². The minimum Gasteiger partial charge on any atom is -0.357 e. The maximum atomic E-state index is 13.3. The number of carbonyl (C=O) groups is 2. The average molecular weight is 526 g/mol. The Morgan fingerprint density at radius 3 is 2.67 bits per heavy atom. The molecule has 3 amide bonds. The number of amidine groups is 1. The number of carbonyl (C=O) groups excluding carboxylic acids is 2. The number of hydrogen-bond donors (Lipinski definition) is 2. The number of hydrogen-bond acceptors (Lipinski definition) is 6. The Labute approximate surface area is 218 Å². The van der Waals surface area contributed by atoms with Gasteiger partial charge in [-0.1, -0.05) is 49.2 Å². The highest BCUT2D eigenvalue weighted by Gasteiger charge is 2.31. The van der Waals surface area contributed by atoms with Crippen LogP contribution in [0.1, 0.15) is 19.7 Å². The van der Waals surface area contributed by atoms with Crippen molar-refractivity contribution in [1.82, 2.24) is 19.8 Å². The first kappa shape index (κ1) is 24.3. The van der Waals surface area contributed by atoms with E-state index in [9.17, 15) is 9.59 Å². The highest BCUT2D eigenvalue weighted by molar-refractivity contribution is 6.42. The van der Waals surface area contributed by atoms with Gasteiger partial charge in [-0.3, -0.25) is 4.79 Å². The van der Waals surface area contributed by atoms with Crippen molar-refractivity contribution < 1.29 is 9.59 Å². The van der Waals surface area contributed by atoms with Crippen LogP contribution in [0, 0.1) is 5.92 Å². The van der Waals surface area contributed by atoms with Crippen molar-refractivity contribution in [3.8, 4) is 0 Å². The van der Waals surface area contributed by atoms with Gasteiger partial charge >= 0.3 is 6.03 Å². The van der Waals surface area contributed by atoms with Crippen LogP contribution in [0.25, 0.3) is 10.9 Å². The topological polar surface area (TPSA) is 103 Å². The van der Waals surface area contributed by atoms with E-state index < -0.39 is 6.04 Å². The number of urea groups is 1. The molecule has 0 saturated carbocycles. The molecular formula is C25H25Cl2N7O2. The molecule has 0 unspecified atom stereocenters. The Hall–Kier alpha value is -3.43. The minimum atomic E-state index is -0.580. The molecule has 0 aliphatic carbocycles. The van der Waals surface area contributed by atoms with Gasteiger partial charge in [-0.2, -0.15) is 4.99 Å². The van der Waals surface area contributed by atoms with Crippen LogP contribution in [0.3, 0.4) is 0 Å². The highest BCUT2D eigenvalue weighted by Crippen LogP contribution is 2.26. The monoisotopic (exact) mass is 525 g/mol. The van der Waals surface area contributed by atoms with E-state index in [1.165, 1.54) is 0 Å². The third-order valence-electron chi connectivity index (χ3n) is 6.24. The summed E-state index contributed by atoms with van der Waals surface area (Å²) in [7, 11) is 0. The Morgan fingerprint density at radius 1 is 1.08 bits per heavy atom. The SMILES string of the molecule is CC(C)[C@@H]1Nc2nc(nc3ccccc23)CN2CCN(C(=O)Nc3ccc(Cl)c(Cl)c3)CC2=NC1=O. The summed E-state index contributed by atoms with van der Waals surface area (Å²) in [4.78, 5) is 43.9. The molecule has 2 aromatic carbocycles. The molecule has 186 valence electrons. The smallest absolute Gasteiger partial charge is 0.322 e. The lowest BCUT2D eigenvalue weighted by Crippen LogP contribution is -2.54. The van der Waals surface area contributed by atoms with Gasteiger partial charge in [-0.25, -0.2) is 14.8 Å². The molecule has 2 bridgehead atoms. The van der Waals surface area contributed by atoms with Gasteiger partial charge in [0.25, 0.3) is 5.91 Å². The molecule has 2 N–H and O–H groups in total. The van der Waals surface area contributed by atoms with E-state index in [-0.39, 0.29) is 24.4 Å². The zero-order valence-corrected chi connectivity index (χ0v) is 21.3. The van der Waals surface area contributed by atoms with Gasteiger partial charge in [0, 0.05) is 24.2 Å². The van der Waals surface area contributed by atoms with Gasteiger partial charge in [0.1, 0.15) is 17.7 Å². The molecule has 1 saturated heterocycles. The largest absolute Gasteiger partial charge is 0.357 e. The second-order valence-electron chi connectivity index (χ2n) is 9.14. The van der Waals surface area contributed by atoms with Gasteiger partial charge in [-0.05, 0) is 36.2 Å². The second kappa shape index (κ2) is 9.91. The minimum absolute atomic E-state index is 0.0375. The third kappa shape index (κ3) is 4.94. The van der Waals surface area contributed by atoms with Gasteiger partial charge in [0.2, 0.25) is 0 Å². The molecule has 3 aromatic rings. The molecule has 3 heterocycles. The maximum absolute atomic E-state index is 13.3. The first-order chi connectivity index (χ1) is 17.3. The van der Waals surface area contributed by atoms with Crippen LogP contribution in [0.4, 0.5) is 16.3 Å². The summed E-state index contributed by atoms with van der Waals surface area (Å²) in [5, 5.41) is 7.76. The van der Waals surface area contributed by atoms with Crippen molar-refractivity contribution in [3.05, 3.63) is 58.3 Å². The van der Waals surface area contributed by atoms with Crippen LogP contribution in [0.2, 0.25) is 10.0 Å². The number of anilines is 2. The number of piperazine rings is 1. The standard InChI is InChI=1S/C25H25Cl2N7O2/c1-14(2)22-24(35)31-21-13-34(25(36)28-15-7-8-17(26)18(27)11-15)10-9-33(21)12-20-29-19-6-4-3-5-16(19)23(30-20)32-22/h3-8,11,14,22H,9-10,12-13H2,1-2H3,(H,28,36)(H,29,30,32)/t22-/m0/s1. The first-order valence-electron chi connectivity index (χ1n) is 11.7. The predicted octanol–water partition coefficient (Wildman–Crippen LogP) is 4.66. The van der Waals surface area contributed by atoms with Gasteiger partial charge in [0.05, 0.1) is 28.7 Å². The lowest BCUT2D eigenvalue weighted by Gasteiger charge is -2.37. The highest BCUT2D eigenvalue weighted by atomic mass is 35.5. The number of rotatable bonds is 2. The summed E-state index contributed by atoms with van der Waals surface area (Å²) in [5.74, 6) is 1.41. The number of halogens is 2. The van der Waals surface area contributed by atoms with E-state index >= 15 is 0 Å². The van der Waals surface area contributed by atoms with Crippen LogP contribution < -0.4 is 10.6 Å². The van der Waals surface area contributed by atoms with Crippen LogP contribution in [0.15, 0.2) is 47.5 Å². The van der Waals surface area contributed by atoms with Gasteiger partial charge < -0.3 is 20.4 Å². The molecule has 1 fully saturated rings. The van der Waals surface area contributed by atoms with Crippen LogP contribution in [0.5, 0.6) is 0 Å². The molecule has 2 aliphatic rings. The molecule has 0 radical (unpaired) electrons. The van der Waals surface area contributed by atoms with E-state index in [0.717, 1.165) is 10.9 Å². The number of fused-ring (bicyclic) bond motifs is 5. The van der Waals surface area contributed by atoms with Crippen molar-refractivity contribution in [3.63, 3.8) is 0 Å². The Balaban J connectivity index is 1.44. The van der Waals surface area contributed by atoms with Crippen molar-refractivity contribution in [2.75, 3.05) is 30.3 Å². The number of benzene rings is 2. The fourth-order valence-electron chi connectivity index (χ4n) is 4.28. The zero-order chi connectivity index (χ0) is 25.4. The predicted molar refractivity (Wildman–Crippen MR) is 142 cm³/mol. The lowest BCUT2D eigenvalue weighted by atomic mass is 10.0.